The zero-order chi connectivity index (χ0) is 21.5. The summed E-state index contributed by atoms with van der Waals surface area (Å²) in [6, 6.07) is 10.8. The largest absolute Gasteiger partial charge is 0.497 e. The maximum atomic E-state index is 11.9. The molecule has 0 atom stereocenters. The van der Waals surface area contributed by atoms with Gasteiger partial charge < -0.3 is 24.3 Å². The van der Waals surface area contributed by atoms with E-state index in [1.807, 2.05) is 31.2 Å². The Morgan fingerprint density at radius 2 is 1.80 bits per heavy atom. The number of benzene rings is 2. The van der Waals surface area contributed by atoms with Crippen LogP contribution in [0.25, 0.3) is 6.08 Å². The zero-order valence-corrected chi connectivity index (χ0v) is 18.8. The lowest BCUT2D eigenvalue weighted by Crippen LogP contribution is -2.17. The third kappa shape index (κ3) is 5.81. The summed E-state index contributed by atoms with van der Waals surface area (Å²) in [7, 11) is 1.61. The van der Waals surface area contributed by atoms with Gasteiger partial charge in [-0.05, 0) is 55.0 Å². The number of carbonyl (C=O) groups excluding carboxylic acids is 1. The number of hydrogen-bond acceptors (Lipinski definition) is 7. The predicted octanol–water partition coefficient (Wildman–Crippen LogP) is 4.69. The second-order valence-corrected chi connectivity index (χ2v) is 8.11. The maximum Gasteiger partial charge on any atom is 0.263 e. The van der Waals surface area contributed by atoms with Gasteiger partial charge >= 0.3 is 0 Å². The average Bonchev–Trinajstić information content (AvgIpc) is 3.04. The van der Waals surface area contributed by atoms with Gasteiger partial charge in [-0.2, -0.15) is 0 Å². The van der Waals surface area contributed by atoms with Gasteiger partial charge in [-0.1, -0.05) is 35.6 Å². The molecule has 1 aliphatic rings. The minimum atomic E-state index is -0.227. The summed E-state index contributed by atoms with van der Waals surface area (Å²) in [6.45, 7) is 2.91. The lowest BCUT2D eigenvalue weighted by Gasteiger charge is -2.15. The van der Waals surface area contributed by atoms with Crippen LogP contribution in [0.1, 0.15) is 12.5 Å². The van der Waals surface area contributed by atoms with E-state index in [1.54, 1.807) is 25.3 Å². The second-order valence-electron chi connectivity index (χ2n) is 5.99. The van der Waals surface area contributed by atoms with Crippen molar-refractivity contribution in [1.29, 1.82) is 0 Å². The number of halogens is 1. The van der Waals surface area contributed by atoms with Crippen LogP contribution in [-0.4, -0.2) is 37.2 Å². The summed E-state index contributed by atoms with van der Waals surface area (Å²) in [4.78, 5) is 12.4. The van der Waals surface area contributed by atoms with Gasteiger partial charge in [0.25, 0.3) is 5.91 Å². The van der Waals surface area contributed by atoms with E-state index in [2.05, 4.69) is 5.32 Å². The van der Waals surface area contributed by atoms with Crippen molar-refractivity contribution in [2.75, 3.05) is 26.9 Å². The van der Waals surface area contributed by atoms with Crippen LogP contribution in [0.15, 0.2) is 41.3 Å². The highest BCUT2D eigenvalue weighted by atomic mass is 35.5. The van der Waals surface area contributed by atoms with E-state index in [-0.39, 0.29) is 12.5 Å². The molecule has 9 heteroatoms. The smallest absolute Gasteiger partial charge is 0.263 e. The first-order valence-electron chi connectivity index (χ1n) is 9.11. The van der Waals surface area contributed by atoms with Crippen LogP contribution < -0.4 is 24.3 Å². The van der Waals surface area contributed by atoms with Gasteiger partial charge in [-0.25, -0.2) is 0 Å². The zero-order valence-electron chi connectivity index (χ0n) is 16.4. The van der Waals surface area contributed by atoms with Crippen molar-refractivity contribution in [1.82, 2.24) is 5.32 Å². The molecule has 1 N–H and O–H groups in total. The van der Waals surface area contributed by atoms with Crippen molar-refractivity contribution in [2.24, 2.45) is 0 Å². The molecule has 1 saturated heterocycles. The van der Waals surface area contributed by atoms with Gasteiger partial charge in [0.2, 0.25) is 0 Å². The van der Waals surface area contributed by atoms with E-state index in [1.165, 1.54) is 11.8 Å². The van der Waals surface area contributed by atoms with Gasteiger partial charge in [-0.15, -0.1) is 0 Å². The van der Waals surface area contributed by atoms with Crippen LogP contribution in [-0.2, 0) is 4.79 Å². The molecule has 6 nitrogen and oxygen atoms in total. The molecule has 3 rings (SSSR count). The number of thiocarbonyl (C=S) groups is 1. The highest BCUT2D eigenvalue weighted by molar-refractivity contribution is 8.26. The summed E-state index contributed by atoms with van der Waals surface area (Å²) in [5.41, 5.74) is 0.715. The summed E-state index contributed by atoms with van der Waals surface area (Å²) in [5.74, 6) is 2.17. The molecular formula is C21H20ClNO5S2. The van der Waals surface area contributed by atoms with Gasteiger partial charge in [0.05, 0.1) is 23.6 Å². The third-order valence-electron chi connectivity index (χ3n) is 3.93. The number of ether oxygens (including phenoxy) is 4. The van der Waals surface area contributed by atoms with Gasteiger partial charge in [0, 0.05) is 0 Å². The number of carbonyl (C=O) groups is 1. The Morgan fingerprint density at radius 3 is 2.43 bits per heavy atom. The summed E-state index contributed by atoms with van der Waals surface area (Å²) in [5, 5.41) is 2.96. The molecule has 0 aromatic heterocycles. The molecule has 30 heavy (non-hydrogen) atoms. The molecule has 2 aromatic carbocycles. The first kappa shape index (κ1) is 22.3. The Labute approximate surface area is 189 Å². The standard InChI is InChI=1S/C21H20ClNO5S2/c1-3-26-17-11-13(12-18-20(24)23-21(29)30-18)10-16(22)19(17)28-9-8-27-15-6-4-14(25-2)5-7-15/h4-7,10-12H,3,8-9H2,1-2H3,(H,23,24,29). The van der Waals surface area contributed by atoms with Gasteiger partial charge in [0.15, 0.2) is 11.5 Å². The van der Waals surface area contributed by atoms with Crippen molar-refractivity contribution < 1.29 is 23.7 Å². The Morgan fingerprint density at radius 1 is 1.10 bits per heavy atom. The minimum Gasteiger partial charge on any atom is -0.497 e. The van der Waals surface area contributed by atoms with Crippen LogP contribution in [0.4, 0.5) is 0 Å². The molecule has 1 heterocycles. The fourth-order valence-electron chi connectivity index (χ4n) is 2.62. The average molecular weight is 466 g/mol. The van der Waals surface area contributed by atoms with Crippen molar-refractivity contribution in [3.8, 4) is 23.0 Å². The number of rotatable bonds is 9. The third-order valence-corrected chi connectivity index (χ3v) is 5.37. The molecule has 0 aliphatic carbocycles. The quantitative estimate of drug-likeness (QED) is 0.327. The molecular weight excluding hydrogens is 446 g/mol. The number of thioether (sulfide) groups is 1. The molecule has 158 valence electrons. The first-order chi connectivity index (χ1) is 14.5. The summed E-state index contributed by atoms with van der Waals surface area (Å²) >= 11 is 12.6. The van der Waals surface area contributed by atoms with Crippen molar-refractivity contribution in [3.05, 3.63) is 51.9 Å². The van der Waals surface area contributed by atoms with E-state index in [9.17, 15) is 4.79 Å². The Bertz CT molecular complexity index is 963. The fraction of sp³-hybridized carbons (Fsp3) is 0.238. The number of hydrogen-bond donors (Lipinski definition) is 1. The monoisotopic (exact) mass is 465 g/mol. The van der Waals surface area contributed by atoms with E-state index < -0.39 is 0 Å². The van der Waals surface area contributed by atoms with Crippen LogP contribution in [0, 0.1) is 0 Å². The van der Waals surface area contributed by atoms with Gasteiger partial charge in [0.1, 0.15) is 29.0 Å². The van der Waals surface area contributed by atoms with Crippen molar-refractivity contribution in [3.63, 3.8) is 0 Å². The lowest BCUT2D eigenvalue weighted by molar-refractivity contribution is -0.115. The van der Waals surface area contributed by atoms with Crippen LogP contribution in [0.3, 0.4) is 0 Å². The lowest BCUT2D eigenvalue weighted by atomic mass is 10.2. The topological polar surface area (TPSA) is 66.0 Å². The summed E-state index contributed by atoms with van der Waals surface area (Å²) < 4.78 is 22.7. The van der Waals surface area contributed by atoms with Crippen molar-refractivity contribution in [2.45, 2.75) is 6.92 Å². The molecule has 0 spiro atoms. The molecule has 0 bridgehead atoms. The van der Waals surface area contributed by atoms with Crippen molar-refractivity contribution >= 4 is 51.9 Å². The highest BCUT2D eigenvalue weighted by Crippen LogP contribution is 2.38. The minimum absolute atomic E-state index is 0.227. The molecule has 0 unspecified atom stereocenters. The van der Waals surface area contributed by atoms with Crippen LogP contribution in [0.2, 0.25) is 5.02 Å². The number of methoxy groups -OCH3 is 1. The molecule has 1 aliphatic heterocycles. The maximum absolute atomic E-state index is 11.9. The molecule has 0 radical (unpaired) electrons. The molecule has 1 fully saturated rings. The van der Waals surface area contributed by atoms with Crippen LogP contribution in [0.5, 0.6) is 23.0 Å². The fourth-order valence-corrected chi connectivity index (χ4v) is 3.94. The molecule has 1 amide bonds. The highest BCUT2D eigenvalue weighted by Gasteiger charge is 2.22. The van der Waals surface area contributed by atoms with Crippen LogP contribution >= 0.6 is 35.6 Å². The number of amides is 1. The van der Waals surface area contributed by atoms with E-state index >= 15 is 0 Å². The Hall–Kier alpha value is -2.42. The molecule has 2 aromatic rings. The van der Waals surface area contributed by atoms with E-state index in [0.717, 1.165) is 5.75 Å². The SMILES string of the molecule is CCOc1cc(C=C2SC(=S)NC2=O)cc(Cl)c1OCCOc1ccc(OC)cc1. The Balaban J connectivity index is 1.67. The van der Waals surface area contributed by atoms with E-state index in [4.69, 9.17) is 42.8 Å². The predicted molar refractivity (Wildman–Crippen MR) is 123 cm³/mol. The summed E-state index contributed by atoms with van der Waals surface area (Å²) in [6.07, 6.45) is 1.71. The second kappa shape index (κ2) is 10.6. The van der Waals surface area contributed by atoms with E-state index in [0.29, 0.717) is 50.3 Å². The number of nitrogens with one attached hydrogen (secondary N) is 1. The molecule has 0 saturated carbocycles. The first-order valence-corrected chi connectivity index (χ1v) is 10.7. The normalized spacial score (nSPS) is 14.6. The van der Waals surface area contributed by atoms with Gasteiger partial charge in [-0.3, -0.25) is 4.79 Å². The Kier molecular flexibility index (Phi) is 7.84.